The van der Waals surface area contributed by atoms with E-state index in [2.05, 4.69) is 33.9 Å². The molecule has 6 heteroatoms. The fourth-order valence-corrected chi connectivity index (χ4v) is 4.07. The van der Waals surface area contributed by atoms with E-state index in [0.717, 1.165) is 0 Å². The minimum atomic E-state index is -2.05. The van der Waals surface area contributed by atoms with E-state index in [4.69, 9.17) is 9.16 Å². The third-order valence-electron chi connectivity index (χ3n) is 5.37. The van der Waals surface area contributed by atoms with Crippen LogP contribution in [0.1, 0.15) is 44.0 Å². The summed E-state index contributed by atoms with van der Waals surface area (Å²) in [6.07, 6.45) is -2.33. The molecule has 1 aliphatic rings. The number of carbonyl (C=O) groups excluding carboxylic acids is 1. The largest absolute Gasteiger partial charge is 0.456 e. The summed E-state index contributed by atoms with van der Waals surface area (Å²) in [6.45, 7) is 10.6. The Balaban J connectivity index is 1.99. The fourth-order valence-electron chi connectivity index (χ4n) is 2.70. The second-order valence-corrected chi connectivity index (χ2v) is 13.0. The van der Waals surface area contributed by atoms with Crippen LogP contribution in [0.2, 0.25) is 18.1 Å². The summed E-state index contributed by atoms with van der Waals surface area (Å²) in [4.78, 5) is 12.2. The van der Waals surface area contributed by atoms with Gasteiger partial charge in [0.1, 0.15) is 18.3 Å². The lowest BCUT2D eigenvalue weighted by Crippen LogP contribution is -2.55. The second kappa shape index (κ2) is 7.58. The molecule has 2 rings (SSSR count). The van der Waals surface area contributed by atoms with Crippen molar-refractivity contribution < 1.29 is 24.2 Å². The van der Waals surface area contributed by atoms with Crippen LogP contribution in [0.3, 0.4) is 0 Å². The average Bonchev–Trinajstić information content (AvgIpc) is 2.54. The third kappa shape index (κ3) is 4.70. The van der Waals surface area contributed by atoms with E-state index in [1.54, 1.807) is 24.3 Å². The number of esters is 1. The van der Waals surface area contributed by atoms with E-state index in [0.29, 0.717) is 18.4 Å². The SMILES string of the molecule is CC(C)(C)[Si](C)(C)O[C@@H]1CC[C@@H](OC(=O)c2ccccc2)[C@@H](O)[C@H]1O. The molecule has 0 radical (unpaired) electrons. The molecule has 0 amide bonds. The van der Waals surface area contributed by atoms with Crippen molar-refractivity contribution in [2.75, 3.05) is 0 Å². The molecule has 4 atom stereocenters. The van der Waals surface area contributed by atoms with Crippen molar-refractivity contribution in [3.63, 3.8) is 0 Å². The van der Waals surface area contributed by atoms with Gasteiger partial charge in [0.15, 0.2) is 8.32 Å². The zero-order valence-electron chi connectivity index (χ0n) is 15.7. The Kier molecular flexibility index (Phi) is 6.09. The molecule has 0 spiro atoms. The van der Waals surface area contributed by atoms with Crippen molar-refractivity contribution in [2.45, 2.75) is 76.2 Å². The summed E-state index contributed by atoms with van der Waals surface area (Å²) in [6, 6.07) is 8.66. The van der Waals surface area contributed by atoms with Gasteiger partial charge in [-0.15, -0.1) is 0 Å². The van der Waals surface area contributed by atoms with E-state index in [1.165, 1.54) is 0 Å². The smallest absolute Gasteiger partial charge is 0.338 e. The van der Waals surface area contributed by atoms with Gasteiger partial charge >= 0.3 is 5.97 Å². The molecule has 1 aliphatic carbocycles. The number of benzene rings is 1. The Morgan fingerprint density at radius 2 is 1.56 bits per heavy atom. The Labute approximate surface area is 151 Å². The summed E-state index contributed by atoms with van der Waals surface area (Å²) in [7, 11) is -2.05. The summed E-state index contributed by atoms with van der Waals surface area (Å²) < 4.78 is 11.7. The normalized spacial score (nSPS) is 27.8. The summed E-state index contributed by atoms with van der Waals surface area (Å²) in [5.74, 6) is -0.486. The highest BCUT2D eigenvalue weighted by Crippen LogP contribution is 2.39. The lowest BCUT2D eigenvalue weighted by Gasteiger charge is -2.44. The lowest BCUT2D eigenvalue weighted by atomic mass is 9.89. The average molecular weight is 367 g/mol. The first-order chi connectivity index (χ1) is 11.5. The predicted molar refractivity (Wildman–Crippen MR) is 99.0 cm³/mol. The molecule has 1 saturated carbocycles. The lowest BCUT2D eigenvalue weighted by molar-refractivity contribution is -0.134. The molecular weight excluding hydrogens is 336 g/mol. The van der Waals surface area contributed by atoms with Crippen LogP contribution in [0.25, 0.3) is 0 Å². The van der Waals surface area contributed by atoms with E-state index in [-0.39, 0.29) is 5.04 Å². The first kappa shape index (κ1) is 20.1. The van der Waals surface area contributed by atoms with Crippen molar-refractivity contribution in [1.29, 1.82) is 0 Å². The first-order valence-corrected chi connectivity index (χ1v) is 11.7. The highest BCUT2D eigenvalue weighted by Gasteiger charge is 2.45. The Hall–Kier alpha value is -1.21. The number of ether oxygens (including phenoxy) is 1. The number of hydrogen-bond donors (Lipinski definition) is 2. The van der Waals surface area contributed by atoms with Crippen LogP contribution >= 0.6 is 0 Å². The quantitative estimate of drug-likeness (QED) is 0.632. The predicted octanol–water partition coefficient (Wildman–Crippen LogP) is 3.12. The van der Waals surface area contributed by atoms with Crippen LogP contribution in [-0.2, 0) is 9.16 Å². The van der Waals surface area contributed by atoms with E-state index in [9.17, 15) is 15.0 Å². The molecule has 1 aromatic carbocycles. The maximum Gasteiger partial charge on any atom is 0.338 e. The highest BCUT2D eigenvalue weighted by molar-refractivity contribution is 6.74. The van der Waals surface area contributed by atoms with Crippen LogP contribution < -0.4 is 0 Å². The van der Waals surface area contributed by atoms with Crippen molar-refractivity contribution >= 4 is 14.3 Å². The van der Waals surface area contributed by atoms with Crippen LogP contribution in [0, 0.1) is 0 Å². The van der Waals surface area contributed by atoms with Crippen LogP contribution in [0.4, 0.5) is 0 Å². The molecule has 0 aliphatic heterocycles. The molecule has 25 heavy (non-hydrogen) atoms. The summed E-state index contributed by atoms with van der Waals surface area (Å²) >= 11 is 0. The van der Waals surface area contributed by atoms with Crippen LogP contribution in [0.5, 0.6) is 0 Å². The van der Waals surface area contributed by atoms with E-state index in [1.807, 2.05) is 6.07 Å². The first-order valence-electron chi connectivity index (χ1n) is 8.83. The van der Waals surface area contributed by atoms with Crippen LogP contribution in [0.15, 0.2) is 30.3 Å². The molecule has 1 aromatic rings. The molecule has 2 N–H and O–H groups in total. The van der Waals surface area contributed by atoms with Crippen molar-refractivity contribution in [3.8, 4) is 0 Å². The van der Waals surface area contributed by atoms with E-state index < -0.39 is 38.7 Å². The topological polar surface area (TPSA) is 76.0 Å². The number of aliphatic hydroxyl groups is 2. The van der Waals surface area contributed by atoms with Crippen molar-refractivity contribution in [1.82, 2.24) is 0 Å². The van der Waals surface area contributed by atoms with Gasteiger partial charge in [-0.2, -0.15) is 0 Å². The zero-order valence-corrected chi connectivity index (χ0v) is 16.7. The number of aliphatic hydroxyl groups excluding tert-OH is 2. The molecule has 5 nitrogen and oxygen atoms in total. The Morgan fingerprint density at radius 3 is 2.12 bits per heavy atom. The number of rotatable bonds is 4. The van der Waals surface area contributed by atoms with Gasteiger partial charge in [-0.1, -0.05) is 39.0 Å². The number of carbonyl (C=O) groups is 1. The standard InChI is InChI=1S/C19H30O5Si/c1-19(2,3)25(4,5)24-15-12-11-14(16(20)17(15)21)23-18(22)13-9-7-6-8-10-13/h6-10,14-17,20-21H,11-12H2,1-5H3/t14-,15-,16-,17+/m1/s1. The van der Waals surface area contributed by atoms with Gasteiger partial charge in [-0.05, 0) is 43.1 Å². The third-order valence-corrected chi connectivity index (χ3v) is 9.87. The second-order valence-electron chi connectivity index (χ2n) is 8.28. The van der Waals surface area contributed by atoms with Gasteiger partial charge in [0.25, 0.3) is 0 Å². The molecule has 0 heterocycles. The molecule has 140 valence electrons. The van der Waals surface area contributed by atoms with Gasteiger partial charge in [-0.25, -0.2) is 4.79 Å². The minimum Gasteiger partial charge on any atom is -0.456 e. The van der Waals surface area contributed by atoms with Gasteiger partial charge in [-0.3, -0.25) is 0 Å². The van der Waals surface area contributed by atoms with Gasteiger partial charge < -0.3 is 19.4 Å². The highest BCUT2D eigenvalue weighted by atomic mass is 28.4. The Morgan fingerprint density at radius 1 is 1.04 bits per heavy atom. The van der Waals surface area contributed by atoms with E-state index >= 15 is 0 Å². The summed E-state index contributed by atoms with van der Waals surface area (Å²) in [5, 5.41) is 20.9. The van der Waals surface area contributed by atoms with Crippen molar-refractivity contribution in [3.05, 3.63) is 35.9 Å². The molecular formula is C19H30O5Si. The molecule has 1 fully saturated rings. The minimum absolute atomic E-state index is 0.0221. The monoisotopic (exact) mass is 366 g/mol. The van der Waals surface area contributed by atoms with Gasteiger partial charge in [0, 0.05) is 0 Å². The molecule has 0 bridgehead atoms. The maximum absolute atomic E-state index is 12.2. The molecule has 0 saturated heterocycles. The van der Waals surface area contributed by atoms with Crippen molar-refractivity contribution in [2.24, 2.45) is 0 Å². The molecule has 0 aromatic heterocycles. The maximum atomic E-state index is 12.2. The van der Waals surface area contributed by atoms with Gasteiger partial charge in [0.05, 0.1) is 11.7 Å². The zero-order chi connectivity index (χ0) is 18.8. The van der Waals surface area contributed by atoms with Gasteiger partial charge in [0.2, 0.25) is 0 Å². The van der Waals surface area contributed by atoms with Crippen LogP contribution in [-0.4, -0.2) is 48.9 Å². The Bertz CT molecular complexity index is 581. The number of hydrogen-bond acceptors (Lipinski definition) is 5. The molecule has 0 unspecified atom stereocenters. The fraction of sp³-hybridized carbons (Fsp3) is 0.632. The summed E-state index contributed by atoms with van der Waals surface area (Å²) in [5.41, 5.74) is 0.434.